The molecule has 0 atom stereocenters. The van der Waals surface area contributed by atoms with Gasteiger partial charge in [0.25, 0.3) is 5.95 Å². The summed E-state index contributed by atoms with van der Waals surface area (Å²) >= 11 is 0. The molecule has 8 heavy (non-hydrogen) atoms. The SMILES string of the molecule is O=Nc1ncccn1. The average molecular weight is 109 g/mol. The van der Waals surface area contributed by atoms with Gasteiger partial charge in [-0.15, -0.1) is 4.91 Å². The standard InChI is InChI=1S/C4H3N3O/c8-7-4-5-2-1-3-6-4/h1-3H. The Morgan fingerprint density at radius 2 is 2.00 bits per heavy atom. The molecular formula is C4H3N3O. The van der Waals surface area contributed by atoms with E-state index >= 15 is 0 Å². The van der Waals surface area contributed by atoms with Crippen molar-refractivity contribution in [1.82, 2.24) is 9.97 Å². The van der Waals surface area contributed by atoms with E-state index in [1.807, 2.05) is 0 Å². The Morgan fingerprint density at radius 3 is 2.38 bits per heavy atom. The zero-order valence-corrected chi connectivity index (χ0v) is 3.98. The summed E-state index contributed by atoms with van der Waals surface area (Å²) in [5.41, 5.74) is 0. The summed E-state index contributed by atoms with van der Waals surface area (Å²) in [6, 6.07) is 1.62. The van der Waals surface area contributed by atoms with Gasteiger partial charge in [0.05, 0.1) is 0 Å². The molecule has 0 fully saturated rings. The molecule has 1 aromatic heterocycles. The van der Waals surface area contributed by atoms with E-state index in [1.165, 1.54) is 12.4 Å². The molecule has 4 heteroatoms. The van der Waals surface area contributed by atoms with Crippen molar-refractivity contribution in [3.8, 4) is 0 Å². The van der Waals surface area contributed by atoms with E-state index in [2.05, 4.69) is 15.1 Å². The van der Waals surface area contributed by atoms with E-state index in [1.54, 1.807) is 6.07 Å². The molecule has 0 saturated heterocycles. The lowest BCUT2D eigenvalue weighted by Gasteiger charge is -1.79. The number of nitroso groups, excluding NO2 is 1. The minimum atomic E-state index is -0.0208. The van der Waals surface area contributed by atoms with Crippen LogP contribution in [-0.4, -0.2) is 9.97 Å². The Morgan fingerprint density at radius 1 is 1.38 bits per heavy atom. The van der Waals surface area contributed by atoms with Gasteiger partial charge in [0, 0.05) is 17.6 Å². The summed E-state index contributed by atoms with van der Waals surface area (Å²) in [7, 11) is 0. The number of hydrogen-bond acceptors (Lipinski definition) is 4. The van der Waals surface area contributed by atoms with Gasteiger partial charge >= 0.3 is 0 Å². The van der Waals surface area contributed by atoms with E-state index in [0.717, 1.165) is 0 Å². The molecule has 0 amide bonds. The van der Waals surface area contributed by atoms with Gasteiger partial charge in [-0.05, 0) is 6.07 Å². The molecule has 0 aliphatic carbocycles. The lowest BCUT2D eigenvalue weighted by atomic mass is 10.7. The van der Waals surface area contributed by atoms with Crippen molar-refractivity contribution < 1.29 is 0 Å². The van der Waals surface area contributed by atoms with Crippen LogP contribution in [0.2, 0.25) is 0 Å². The topological polar surface area (TPSA) is 55.2 Å². The highest BCUT2D eigenvalue weighted by atomic mass is 16.3. The third kappa shape index (κ3) is 0.841. The van der Waals surface area contributed by atoms with Gasteiger partial charge < -0.3 is 0 Å². The van der Waals surface area contributed by atoms with Gasteiger partial charge in [0.2, 0.25) is 0 Å². The summed E-state index contributed by atoms with van der Waals surface area (Å²) in [5, 5.41) is 2.50. The summed E-state index contributed by atoms with van der Waals surface area (Å²) < 4.78 is 0. The quantitative estimate of drug-likeness (QED) is 0.503. The van der Waals surface area contributed by atoms with Gasteiger partial charge in [-0.25, -0.2) is 9.97 Å². The van der Waals surface area contributed by atoms with E-state index in [4.69, 9.17) is 0 Å². The van der Waals surface area contributed by atoms with E-state index in [9.17, 15) is 4.91 Å². The minimum absolute atomic E-state index is 0.0208. The molecular weight excluding hydrogens is 106 g/mol. The predicted octanol–water partition coefficient (Wildman–Crippen LogP) is 0.875. The van der Waals surface area contributed by atoms with Crippen molar-refractivity contribution in [3.63, 3.8) is 0 Å². The fourth-order valence-electron chi connectivity index (χ4n) is 0.338. The number of aromatic nitrogens is 2. The smallest absolute Gasteiger partial charge is 0.217 e. The summed E-state index contributed by atoms with van der Waals surface area (Å²) in [6.45, 7) is 0. The van der Waals surface area contributed by atoms with Gasteiger partial charge in [0.15, 0.2) is 0 Å². The first-order valence-corrected chi connectivity index (χ1v) is 2.04. The van der Waals surface area contributed by atoms with Gasteiger partial charge in [-0.2, -0.15) is 0 Å². The fourth-order valence-corrected chi connectivity index (χ4v) is 0.338. The molecule has 0 aromatic carbocycles. The Hall–Kier alpha value is -1.32. The highest BCUT2D eigenvalue weighted by Gasteiger charge is 1.85. The molecule has 0 radical (unpaired) electrons. The van der Waals surface area contributed by atoms with Crippen LogP contribution in [0.1, 0.15) is 0 Å². The zero-order valence-electron chi connectivity index (χ0n) is 3.98. The second kappa shape index (κ2) is 2.11. The van der Waals surface area contributed by atoms with Crippen molar-refractivity contribution in [3.05, 3.63) is 23.4 Å². The first-order valence-electron chi connectivity index (χ1n) is 2.04. The summed E-state index contributed by atoms with van der Waals surface area (Å²) in [5.74, 6) is -0.0208. The number of rotatable bonds is 1. The average Bonchev–Trinajstić information content (AvgIpc) is 1.90. The Balaban J connectivity index is 2.99. The first-order chi connectivity index (χ1) is 3.93. The van der Waals surface area contributed by atoms with Gasteiger partial charge in [0.1, 0.15) is 0 Å². The van der Waals surface area contributed by atoms with Crippen LogP contribution in [0.3, 0.4) is 0 Å². The van der Waals surface area contributed by atoms with Gasteiger partial charge in [-0.3, -0.25) is 0 Å². The van der Waals surface area contributed by atoms with Crippen molar-refractivity contribution >= 4 is 5.95 Å². The maximum absolute atomic E-state index is 9.63. The molecule has 0 spiro atoms. The Labute approximate surface area is 45.6 Å². The molecule has 0 saturated carbocycles. The van der Waals surface area contributed by atoms with Crippen molar-refractivity contribution in [2.75, 3.05) is 0 Å². The van der Waals surface area contributed by atoms with Crippen LogP contribution in [-0.2, 0) is 0 Å². The normalized spacial score (nSPS) is 8.50. The van der Waals surface area contributed by atoms with Crippen LogP contribution >= 0.6 is 0 Å². The molecule has 1 rings (SSSR count). The number of nitrogens with zero attached hydrogens (tertiary/aromatic N) is 3. The second-order valence-electron chi connectivity index (χ2n) is 1.14. The highest BCUT2D eigenvalue weighted by molar-refractivity contribution is 5.10. The monoisotopic (exact) mass is 109 g/mol. The molecule has 0 bridgehead atoms. The van der Waals surface area contributed by atoms with E-state index < -0.39 is 0 Å². The predicted molar refractivity (Wildman–Crippen MR) is 27.5 cm³/mol. The van der Waals surface area contributed by atoms with Crippen LogP contribution in [0.25, 0.3) is 0 Å². The minimum Gasteiger partial charge on any atom is -0.217 e. The fraction of sp³-hybridized carbons (Fsp3) is 0. The molecule has 4 nitrogen and oxygen atoms in total. The summed E-state index contributed by atoms with van der Waals surface area (Å²) in [4.78, 5) is 16.6. The third-order valence-electron chi connectivity index (χ3n) is 0.634. The molecule has 0 aliphatic heterocycles. The van der Waals surface area contributed by atoms with Crippen LogP contribution in [0, 0.1) is 4.91 Å². The Bertz CT molecular complexity index is 174. The highest BCUT2D eigenvalue weighted by Crippen LogP contribution is 1.95. The molecule has 0 N–H and O–H groups in total. The maximum atomic E-state index is 9.63. The molecule has 40 valence electrons. The van der Waals surface area contributed by atoms with Crippen LogP contribution < -0.4 is 0 Å². The van der Waals surface area contributed by atoms with Crippen LogP contribution in [0.15, 0.2) is 23.6 Å². The lowest BCUT2D eigenvalue weighted by molar-refractivity contribution is 1.13. The first kappa shape index (κ1) is 4.83. The lowest BCUT2D eigenvalue weighted by Crippen LogP contribution is -1.73. The molecule has 0 unspecified atom stereocenters. The third-order valence-corrected chi connectivity index (χ3v) is 0.634. The maximum Gasteiger partial charge on any atom is 0.290 e. The second-order valence-corrected chi connectivity index (χ2v) is 1.14. The van der Waals surface area contributed by atoms with Crippen molar-refractivity contribution in [2.45, 2.75) is 0 Å². The van der Waals surface area contributed by atoms with Gasteiger partial charge in [-0.1, -0.05) is 0 Å². The number of hydrogen-bond donors (Lipinski definition) is 0. The van der Waals surface area contributed by atoms with E-state index in [-0.39, 0.29) is 5.95 Å². The van der Waals surface area contributed by atoms with Crippen molar-refractivity contribution in [1.29, 1.82) is 0 Å². The molecule has 0 aliphatic rings. The zero-order chi connectivity index (χ0) is 5.82. The molecule has 1 heterocycles. The summed E-state index contributed by atoms with van der Waals surface area (Å²) in [6.07, 6.45) is 2.92. The van der Waals surface area contributed by atoms with Crippen LogP contribution in [0.4, 0.5) is 5.95 Å². The molecule has 1 aromatic rings. The Kier molecular flexibility index (Phi) is 1.27. The largest absolute Gasteiger partial charge is 0.290 e. The van der Waals surface area contributed by atoms with Crippen LogP contribution in [0.5, 0.6) is 0 Å². The van der Waals surface area contributed by atoms with Crippen molar-refractivity contribution in [2.24, 2.45) is 5.18 Å². The van der Waals surface area contributed by atoms with E-state index in [0.29, 0.717) is 0 Å².